The molecule has 0 unspecified atom stereocenters. The van der Waals surface area contributed by atoms with Crippen LogP contribution in [0.4, 0.5) is 0 Å². The van der Waals surface area contributed by atoms with Crippen LogP contribution in [0.1, 0.15) is 24.0 Å². The summed E-state index contributed by atoms with van der Waals surface area (Å²) in [6.45, 7) is 2.69. The molecule has 1 aliphatic rings. The Labute approximate surface area is 171 Å². The number of benzene rings is 3. The Bertz CT molecular complexity index is 964. The molecule has 2 N–H and O–H groups in total. The van der Waals surface area contributed by atoms with E-state index in [1.54, 1.807) is 6.07 Å². The van der Waals surface area contributed by atoms with Gasteiger partial charge in [-0.15, -0.1) is 0 Å². The van der Waals surface area contributed by atoms with Gasteiger partial charge in [-0.05, 0) is 66.2 Å². The van der Waals surface area contributed by atoms with Crippen molar-refractivity contribution >= 4 is 22.4 Å². The van der Waals surface area contributed by atoms with Gasteiger partial charge in [-0.2, -0.15) is 0 Å². The molecule has 0 aromatic heterocycles. The zero-order valence-electron chi connectivity index (χ0n) is 15.9. The number of rotatable bonds is 5. The molecule has 0 radical (unpaired) electrons. The van der Waals surface area contributed by atoms with Gasteiger partial charge in [0.2, 0.25) is 0 Å². The molecule has 1 fully saturated rings. The van der Waals surface area contributed by atoms with Gasteiger partial charge in [0.15, 0.2) is 0 Å². The molecule has 0 bridgehead atoms. The summed E-state index contributed by atoms with van der Waals surface area (Å²) >= 11 is 6.35. The predicted octanol–water partition coefficient (Wildman–Crippen LogP) is 5.02. The molecule has 0 amide bonds. The van der Waals surface area contributed by atoms with Gasteiger partial charge in [-0.1, -0.05) is 60.1 Å². The normalized spacial score (nSPS) is 17.1. The van der Waals surface area contributed by atoms with Crippen LogP contribution in [0, 0.1) is 5.41 Å². The van der Waals surface area contributed by atoms with Crippen molar-refractivity contribution in [1.82, 2.24) is 4.90 Å². The average Bonchev–Trinajstić information content (AvgIpc) is 2.73. The van der Waals surface area contributed by atoms with Crippen LogP contribution < -0.4 is 0 Å². The number of aliphatic hydroxyl groups excluding tert-OH is 1. The second kappa shape index (κ2) is 8.12. The number of likely N-dealkylation sites (tertiary alicyclic amines) is 1. The van der Waals surface area contributed by atoms with Crippen molar-refractivity contribution in [3.8, 4) is 5.75 Å². The quantitative estimate of drug-likeness (QED) is 0.637. The van der Waals surface area contributed by atoms with E-state index in [2.05, 4.69) is 23.1 Å². The van der Waals surface area contributed by atoms with Crippen LogP contribution in [0.5, 0.6) is 5.75 Å². The lowest BCUT2D eigenvalue weighted by Crippen LogP contribution is -2.43. The molecule has 3 aromatic carbocycles. The van der Waals surface area contributed by atoms with E-state index in [0.29, 0.717) is 5.75 Å². The van der Waals surface area contributed by atoms with Crippen molar-refractivity contribution in [3.63, 3.8) is 0 Å². The highest BCUT2D eigenvalue weighted by molar-refractivity contribution is 6.31. The summed E-state index contributed by atoms with van der Waals surface area (Å²) in [4.78, 5) is 2.38. The number of halogens is 1. The van der Waals surface area contributed by atoms with Gasteiger partial charge < -0.3 is 10.2 Å². The molecule has 1 saturated heterocycles. The Kier molecular flexibility index (Phi) is 5.58. The molecule has 3 aromatic rings. The van der Waals surface area contributed by atoms with E-state index in [-0.39, 0.29) is 12.0 Å². The summed E-state index contributed by atoms with van der Waals surface area (Å²) in [6.07, 6.45) is 2.64. The molecule has 4 heteroatoms. The molecule has 0 saturated carbocycles. The SMILES string of the molecule is OCC1(Cc2ccccc2Cl)CCN(Cc2c(O)ccc3ccccc23)CC1. The average molecular weight is 396 g/mol. The fourth-order valence-corrected chi connectivity index (χ4v) is 4.54. The van der Waals surface area contributed by atoms with E-state index in [9.17, 15) is 10.2 Å². The van der Waals surface area contributed by atoms with Gasteiger partial charge in [0.05, 0.1) is 0 Å². The number of hydrogen-bond acceptors (Lipinski definition) is 3. The maximum absolute atomic E-state index is 10.4. The highest BCUT2D eigenvalue weighted by Gasteiger charge is 2.35. The van der Waals surface area contributed by atoms with Crippen LogP contribution in [0.3, 0.4) is 0 Å². The maximum atomic E-state index is 10.4. The van der Waals surface area contributed by atoms with E-state index in [1.807, 2.05) is 36.4 Å². The Morgan fingerprint density at radius 1 is 0.929 bits per heavy atom. The lowest BCUT2D eigenvalue weighted by atomic mass is 9.74. The Hall–Kier alpha value is -2.07. The lowest BCUT2D eigenvalue weighted by molar-refractivity contribution is 0.0413. The van der Waals surface area contributed by atoms with Gasteiger partial charge in [0.1, 0.15) is 5.75 Å². The summed E-state index contributed by atoms with van der Waals surface area (Å²) in [5.74, 6) is 0.355. The van der Waals surface area contributed by atoms with Gasteiger partial charge in [-0.25, -0.2) is 0 Å². The Morgan fingerprint density at radius 2 is 1.64 bits per heavy atom. The number of nitrogens with zero attached hydrogens (tertiary/aromatic N) is 1. The van der Waals surface area contributed by atoms with Crippen molar-refractivity contribution in [2.24, 2.45) is 5.41 Å². The van der Waals surface area contributed by atoms with Crippen molar-refractivity contribution in [2.45, 2.75) is 25.8 Å². The molecule has 0 atom stereocenters. The van der Waals surface area contributed by atoms with Crippen molar-refractivity contribution < 1.29 is 10.2 Å². The second-order valence-electron chi connectivity index (χ2n) is 7.99. The number of phenols is 1. The molecular formula is C24H26ClNO2. The smallest absolute Gasteiger partial charge is 0.120 e. The molecule has 28 heavy (non-hydrogen) atoms. The molecule has 1 heterocycles. The molecule has 146 valence electrons. The Balaban J connectivity index is 1.48. The first-order chi connectivity index (χ1) is 13.6. The third-order valence-corrected chi connectivity index (χ3v) is 6.54. The van der Waals surface area contributed by atoms with Crippen LogP contribution in [-0.4, -0.2) is 34.8 Å². The van der Waals surface area contributed by atoms with E-state index in [4.69, 9.17) is 11.6 Å². The highest BCUT2D eigenvalue weighted by Crippen LogP contribution is 2.38. The van der Waals surface area contributed by atoms with Crippen LogP contribution in [0.2, 0.25) is 5.02 Å². The topological polar surface area (TPSA) is 43.7 Å². The highest BCUT2D eigenvalue weighted by atomic mass is 35.5. The number of fused-ring (bicyclic) bond motifs is 1. The summed E-state index contributed by atoms with van der Waals surface area (Å²) in [7, 11) is 0. The number of aliphatic hydroxyl groups is 1. The fourth-order valence-electron chi connectivity index (χ4n) is 4.34. The summed E-state index contributed by atoms with van der Waals surface area (Å²) in [5.41, 5.74) is 1.97. The molecule has 4 rings (SSSR count). The summed E-state index contributed by atoms with van der Waals surface area (Å²) in [6, 6.07) is 19.9. The maximum Gasteiger partial charge on any atom is 0.120 e. The zero-order chi connectivity index (χ0) is 19.6. The third kappa shape index (κ3) is 3.88. The minimum absolute atomic E-state index is 0.123. The molecule has 0 aliphatic carbocycles. The number of hydrogen-bond donors (Lipinski definition) is 2. The predicted molar refractivity (Wildman–Crippen MR) is 115 cm³/mol. The lowest BCUT2D eigenvalue weighted by Gasteiger charge is -2.41. The third-order valence-electron chi connectivity index (χ3n) is 6.17. The van der Waals surface area contributed by atoms with E-state index < -0.39 is 0 Å². The first-order valence-electron chi connectivity index (χ1n) is 9.86. The summed E-state index contributed by atoms with van der Waals surface area (Å²) in [5, 5.41) is 23.6. The largest absolute Gasteiger partial charge is 0.508 e. The standard InChI is InChI=1S/C24H26ClNO2/c25-22-8-4-2-6-19(22)15-24(17-27)11-13-26(14-12-24)16-21-20-7-3-1-5-18(20)9-10-23(21)28/h1-10,27-28H,11-17H2. The number of piperidine rings is 1. The van der Waals surface area contributed by atoms with Crippen molar-refractivity contribution in [3.05, 3.63) is 76.8 Å². The zero-order valence-corrected chi connectivity index (χ0v) is 16.7. The van der Waals surface area contributed by atoms with Crippen LogP contribution in [0.25, 0.3) is 10.8 Å². The van der Waals surface area contributed by atoms with E-state index >= 15 is 0 Å². The minimum atomic E-state index is -0.123. The van der Waals surface area contributed by atoms with Crippen LogP contribution in [-0.2, 0) is 13.0 Å². The van der Waals surface area contributed by atoms with Crippen molar-refractivity contribution in [1.29, 1.82) is 0 Å². The number of phenolic OH excluding ortho intramolecular Hbond substituents is 1. The summed E-state index contributed by atoms with van der Waals surface area (Å²) < 4.78 is 0. The minimum Gasteiger partial charge on any atom is -0.508 e. The van der Waals surface area contributed by atoms with E-state index in [1.165, 1.54) is 0 Å². The van der Waals surface area contributed by atoms with Crippen LogP contribution in [0.15, 0.2) is 60.7 Å². The van der Waals surface area contributed by atoms with Gasteiger partial charge in [0, 0.05) is 23.7 Å². The monoisotopic (exact) mass is 395 g/mol. The molecule has 3 nitrogen and oxygen atoms in total. The van der Waals surface area contributed by atoms with Crippen molar-refractivity contribution in [2.75, 3.05) is 19.7 Å². The van der Waals surface area contributed by atoms with Crippen LogP contribution >= 0.6 is 11.6 Å². The molecule has 1 aliphatic heterocycles. The van der Waals surface area contributed by atoms with Gasteiger partial charge in [-0.3, -0.25) is 4.90 Å². The number of aromatic hydroxyl groups is 1. The first-order valence-corrected chi connectivity index (χ1v) is 10.2. The molecular weight excluding hydrogens is 370 g/mol. The van der Waals surface area contributed by atoms with E-state index in [0.717, 1.165) is 65.8 Å². The van der Waals surface area contributed by atoms with Gasteiger partial charge in [0.25, 0.3) is 0 Å². The van der Waals surface area contributed by atoms with Gasteiger partial charge >= 0.3 is 0 Å². The fraction of sp³-hybridized carbons (Fsp3) is 0.333. The second-order valence-corrected chi connectivity index (χ2v) is 8.39. The Morgan fingerprint density at radius 3 is 2.39 bits per heavy atom. The first kappa shape index (κ1) is 19.3. The molecule has 0 spiro atoms.